The van der Waals surface area contributed by atoms with E-state index in [0.29, 0.717) is 21.7 Å². The molecule has 8 aliphatic rings. The summed E-state index contributed by atoms with van der Waals surface area (Å²) < 4.78 is 6.04. The van der Waals surface area contributed by atoms with Gasteiger partial charge in [-0.05, 0) is 220 Å². The van der Waals surface area contributed by atoms with Crippen LogP contribution in [0.1, 0.15) is 403 Å². The molecule has 1 nitrogen and oxygen atoms in total. The number of fused-ring (bicyclic) bond motifs is 10. The van der Waals surface area contributed by atoms with Gasteiger partial charge in [-0.3, -0.25) is 0 Å². The molecule has 8 unspecified atom stereocenters. The zero-order chi connectivity index (χ0) is 61.5. The number of ether oxygens (including phenoxy) is 1. The average Bonchev–Trinajstić information content (AvgIpc) is 1.74. The maximum absolute atomic E-state index is 6.04. The molecule has 87 heavy (non-hydrogen) atoms. The summed E-state index contributed by atoms with van der Waals surface area (Å²) in [5.74, 6) is 13.4. The minimum atomic E-state index is 0.526. The molecule has 0 spiro atoms. The first-order chi connectivity index (χ1) is 42.2. The van der Waals surface area contributed by atoms with E-state index in [9.17, 15) is 0 Å². The molecule has 0 aromatic heterocycles. The smallest absolute Gasteiger partial charge is 0.0466 e. The van der Waals surface area contributed by atoms with E-state index in [4.69, 9.17) is 4.74 Å². The SMILES string of the molecule is CC(C)CCC[C@@H](C)[C@H]1CCC2C3CC=C4CC(CCCCCCCCCCCCCCCCOCCCCCCCCCCCCCCCCC5CC[C@@]6(C)C(=CCC7C6CC[C@@]6(C)C7CC[C@@H]6[C@H](C)CCCC(C)C)C5)CC[C@]4(C)C3CC[C@@]21C. The fraction of sp³-hybridized carbons (Fsp3) is 0.953. The van der Waals surface area contributed by atoms with E-state index in [-0.39, 0.29) is 0 Å². The van der Waals surface area contributed by atoms with Crippen molar-refractivity contribution in [2.45, 2.75) is 403 Å². The Morgan fingerprint density at radius 2 is 0.667 bits per heavy atom. The summed E-state index contributed by atoms with van der Waals surface area (Å²) in [6, 6.07) is 0. The monoisotopic (exact) mass is 1200 g/mol. The van der Waals surface area contributed by atoms with E-state index in [1.54, 1.807) is 0 Å². The van der Waals surface area contributed by atoms with Crippen LogP contribution in [0.3, 0.4) is 0 Å². The lowest BCUT2D eigenvalue weighted by atomic mass is 9.46. The third-order valence-corrected chi connectivity index (χ3v) is 29.1. The van der Waals surface area contributed by atoms with Gasteiger partial charge in [0.1, 0.15) is 0 Å². The zero-order valence-corrected chi connectivity index (χ0v) is 60.8. The van der Waals surface area contributed by atoms with E-state index in [1.165, 1.54) is 334 Å². The number of rotatable bonds is 44. The Balaban J connectivity index is 0.517. The number of hydrogen-bond donors (Lipinski definition) is 0. The van der Waals surface area contributed by atoms with Crippen molar-refractivity contribution in [3.05, 3.63) is 23.3 Å². The molecule has 0 aromatic rings. The van der Waals surface area contributed by atoms with Crippen LogP contribution in [0.5, 0.6) is 0 Å². The van der Waals surface area contributed by atoms with Crippen LogP contribution >= 0.6 is 0 Å². The van der Waals surface area contributed by atoms with Gasteiger partial charge in [0.15, 0.2) is 0 Å². The standard InChI is InChI=1S/C86H154O/c1-67(2)41-39-43-69(5)77-51-53-79-75-49-47-73-65-71(55-59-83(73,7)81(75)57-61-85(77,79)9)45-35-31-27-23-19-15-11-13-17-21-25-29-33-37-63-87-64-38-34-30-26-22-18-14-12-16-20-24-28-32-36-46-72-56-60-84(8)74(66-72)48-50-76-80-54-52-78(70(6)44-40-42-68(3)4)86(80,10)62-58-82(76)84/h47-48,67-72,75-82H,11-46,49-66H2,1-10H3/t69-,70-,71?,72?,75?,76?,77-,78-,79?,80?,81?,82?,83+,84+,85-,86-/m1/s1. The van der Waals surface area contributed by atoms with Crippen molar-refractivity contribution in [1.82, 2.24) is 0 Å². The summed E-state index contributed by atoms with van der Waals surface area (Å²) in [5, 5.41) is 0. The summed E-state index contributed by atoms with van der Waals surface area (Å²) in [5.41, 5.74) is 6.15. The molecule has 0 aromatic carbocycles. The van der Waals surface area contributed by atoms with Gasteiger partial charge in [0.25, 0.3) is 0 Å². The lowest BCUT2D eigenvalue weighted by molar-refractivity contribution is -0.0530. The molecule has 0 amide bonds. The lowest BCUT2D eigenvalue weighted by Gasteiger charge is -2.58. The summed E-state index contributed by atoms with van der Waals surface area (Å²) >= 11 is 0. The molecule has 16 atom stereocenters. The Bertz CT molecular complexity index is 1800. The molecule has 6 saturated carbocycles. The Labute approximate surface area is 545 Å². The zero-order valence-electron chi connectivity index (χ0n) is 60.8. The summed E-state index contributed by atoms with van der Waals surface area (Å²) in [7, 11) is 0. The lowest BCUT2D eigenvalue weighted by Crippen LogP contribution is -2.50. The first kappa shape index (κ1) is 72.3. The predicted molar refractivity (Wildman–Crippen MR) is 382 cm³/mol. The van der Waals surface area contributed by atoms with Crippen molar-refractivity contribution in [3.63, 3.8) is 0 Å². The third-order valence-electron chi connectivity index (χ3n) is 29.1. The van der Waals surface area contributed by atoms with Gasteiger partial charge in [-0.1, -0.05) is 311 Å². The molecule has 8 aliphatic carbocycles. The van der Waals surface area contributed by atoms with E-state index in [2.05, 4.69) is 81.4 Å². The fourth-order valence-corrected chi connectivity index (χ4v) is 23.6. The first-order valence-corrected chi connectivity index (χ1v) is 41.1. The van der Waals surface area contributed by atoms with Crippen molar-refractivity contribution in [2.75, 3.05) is 13.2 Å². The molecule has 0 N–H and O–H groups in total. The van der Waals surface area contributed by atoms with Crippen molar-refractivity contribution < 1.29 is 4.74 Å². The highest BCUT2D eigenvalue weighted by atomic mass is 16.5. The van der Waals surface area contributed by atoms with Crippen molar-refractivity contribution in [1.29, 1.82) is 0 Å². The maximum Gasteiger partial charge on any atom is 0.0466 e. The first-order valence-electron chi connectivity index (χ1n) is 41.1. The Morgan fingerprint density at radius 1 is 0.345 bits per heavy atom. The second-order valence-electron chi connectivity index (χ2n) is 35.9. The van der Waals surface area contributed by atoms with Crippen LogP contribution < -0.4 is 0 Å². The van der Waals surface area contributed by atoms with Crippen molar-refractivity contribution >= 4 is 0 Å². The topological polar surface area (TPSA) is 9.23 Å². The quantitative estimate of drug-likeness (QED) is 0.0436. The highest BCUT2D eigenvalue weighted by molar-refractivity contribution is 5.27. The van der Waals surface area contributed by atoms with Gasteiger partial charge in [0.05, 0.1) is 0 Å². The Morgan fingerprint density at radius 3 is 1.00 bits per heavy atom. The maximum atomic E-state index is 6.04. The molecule has 0 saturated heterocycles. The highest BCUT2D eigenvalue weighted by Crippen LogP contribution is 2.70. The van der Waals surface area contributed by atoms with Gasteiger partial charge in [-0.25, -0.2) is 0 Å². The van der Waals surface area contributed by atoms with Gasteiger partial charge < -0.3 is 4.74 Å². The molecule has 0 heterocycles. The van der Waals surface area contributed by atoms with Crippen LogP contribution in [0.4, 0.5) is 0 Å². The summed E-state index contributed by atoms with van der Waals surface area (Å²) in [6.45, 7) is 28.0. The van der Waals surface area contributed by atoms with E-state index in [1.807, 2.05) is 11.1 Å². The normalized spacial score (nSPS) is 34.4. The van der Waals surface area contributed by atoms with Gasteiger partial charge in [-0.2, -0.15) is 0 Å². The van der Waals surface area contributed by atoms with Crippen molar-refractivity contribution in [3.8, 4) is 0 Å². The van der Waals surface area contributed by atoms with Crippen LogP contribution in [0.25, 0.3) is 0 Å². The van der Waals surface area contributed by atoms with E-state index >= 15 is 0 Å². The van der Waals surface area contributed by atoms with Crippen LogP contribution in [0.2, 0.25) is 0 Å². The Kier molecular flexibility index (Phi) is 30.7. The predicted octanol–water partition coefficient (Wildman–Crippen LogP) is 28.0. The molecule has 6 fully saturated rings. The van der Waals surface area contributed by atoms with Crippen LogP contribution in [0, 0.1) is 105 Å². The number of unbranched alkanes of at least 4 members (excludes halogenated alkanes) is 26. The number of allylic oxidation sites excluding steroid dienone is 4. The molecule has 504 valence electrons. The molecular weight excluding hydrogens is 1050 g/mol. The minimum absolute atomic E-state index is 0.526. The van der Waals surface area contributed by atoms with Crippen LogP contribution in [0.15, 0.2) is 23.3 Å². The van der Waals surface area contributed by atoms with Gasteiger partial charge >= 0.3 is 0 Å². The molecule has 8 rings (SSSR count). The molecule has 0 aliphatic heterocycles. The van der Waals surface area contributed by atoms with Gasteiger partial charge in [0.2, 0.25) is 0 Å². The highest BCUT2D eigenvalue weighted by Gasteiger charge is 2.61. The van der Waals surface area contributed by atoms with Crippen LogP contribution in [-0.4, -0.2) is 13.2 Å². The van der Waals surface area contributed by atoms with Gasteiger partial charge in [0, 0.05) is 13.2 Å². The summed E-state index contributed by atoms with van der Waals surface area (Å²) in [4.78, 5) is 0. The molecule has 0 bridgehead atoms. The molecular formula is C86H154O. The average molecular weight is 1200 g/mol. The van der Waals surface area contributed by atoms with Crippen LogP contribution in [-0.2, 0) is 4.74 Å². The van der Waals surface area contributed by atoms with Crippen molar-refractivity contribution in [2.24, 2.45) is 105 Å². The minimum Gasteiger partial charge on any atom is -0.381 e. The molecule has 1 heteroatoms. The van der Waals surface area contributed by atoms with E-state index in [0.717, 1.165) is 96.1 Å². The second-order valence-corrected chi connectivity index (χ2v) is 35.9. The Hall–Kier alpha value is -0.560. The summed E-state index contributed by atoms with van der Waals surface area (Å²) in [6.07, 6.45) is 81.9. The van der Waals surface area contributed by atoms with Gasteiger partial charge in [-0.15, -0.1) is 0 Å². The van der Waals surface area contributed by atoms with E-state index < -0.39 is 0 Å². The largest absolute Gasteiger partial charge is 0.381 e. The second kappa shape index (κ2) is 36.9. The number of hydrogen-bond acceptors (Lipinski definition) is 1. The third kappa shape index (κ3) is 20.2. The molecule has 0 radical (unpaired) electrons. The fourth-order valence-electron chi connectivity index (χ4n) is 23.6.